The van der Waals surface area contributed by atoms with Gasteiger partial charge >= 0.3 is 0 Å². The van der Waals surface area contributed by atoms with Crippen molar-refractivity contribution in [1.82, 2.24) is 15.0 Å². The molecule has 258 valence electrons. The number of ether oxygens (including phenoxy) is 1. The minimum absolute atomic E-state index is 0.0160. The van der Waals surface area contributed by atoms with Gasteiger partial charge < -0.3 is 13.6 Å². The lowest BCUT2D eigenvalue weighted by molar-refractivity contribution is 0.269. The van der Waals surface area contributed by atoms with Gasteiger partial charge in [-0.05, 0) is 88.6 Å². The van der Waals surface area contributed by atoms with Crippen LogP contribution < -0.4 is 4.74 Å². The fraction of sp³-hybridized carbons (Fsp3) is 0.0408. The lowest BCUT2D eigenvalue weighted by Gasteiger charge is -2.17. The minimum Gasteiger partial charge on any atom is -0.485 e. The SMILES string of the molecule is C1=CC2Oc3cc(-c4ccc5oc6ccccc6c5c4)cc(-c4nc(-c5ccc6ccccc6c5)nc(-c5ccc6oc7ccccc7c6c5)n4)c3C2C=C1. The first-order valence-electron chi connectivity index (χ1n) is 18.5. The molecule has 0 saturated heterocycles. The number of hydrogen-bond acceptors (Lipinski definition) is 6. The van der Waals surface area contributed by atoms with E-state index in [-0.39, 0.29) is 12.0 Å². The molecule has 2 unspecified atom stereocenters. The Balaban J connectivity index is 1.10. The van der Waals surface area contributed by atoms with Crippen molar-refractivity contribution in [3.8, 4) is 51.0 Å². The predicted octanol–water partition coefficient (Wildman–Crippen LogP) is 12.5. The average Bonchev–Trinajstić information content (AvgIpc) is 3.93. The van der Waals surface area contributed by atoms with E-state index in [0.717, 1.165) is 93.8 Å². The summed E-state index contributed by atoms with van der Waals surface area (Å²) in [5.74, 6) is 2.62. The van der Waals surface area contributed by atoms with Gasteiger partial charge in [0.2, 0.25) is 0 Å². The number of allylic oxidation sites excluding steroid dienone is 2. The van der Waals surface area contributed by atoms with Gasteiger partial charge in [-0.15, -0.1) is 0 Å². The molecule has 2 atom stereocenters. The number of furan rings is 2. The second-order valence-corrected chi connectivity index (χ2v) is 14.3. The fourth-order valence-electron chi connectivity index (χ4n) is 8.38. The molecule has 10 aromatic rings. The topological polar surface area (TPSA) is 74.2 Å². The molecular formula is C49H29N3O3. The summed E-state index contributed by atoms with van der Waals surface area (Å²) in [6.07, 6.45) is 8.38. The molecule has 0 N–H and O–H groups in total. The van der Waals surface area contributed by atoms with Gasteiger partial charge in [0.25, 0.3) is 0 Å². The van der Waals surface area contributed by atoms with E-state index in [1.54, 1.807) is 0 Å². The van der Waals surface area contributed by atoms with Crippen molar-refractivity contribution in [1.29, 1.82) is 0 Å². The van der Waals surface area contributed by atoms with Gasteiger partial charge in [-0.1, -0.05) is 97.1 Å². The summed E-state index contributed by atoms with van der Waals surface area (Å²) in [6.45, 7) is 0. The number of rotatable bonds is 4. The smallest absolute Gasteiger partial charge is 0.164 e. The highest BCUT2D eigenvalue weighted by molar-refractivity contribution is 6.07. The summed E-state index contributed by atoms with van der Waals surface area (Å²) in [7, 11) is 0. The number of aromatic nitrogens is 3. The third kappa shape index (κ3) is 4.78. The zero-order chi connectivity index (χ0) is 36.0. The van der Waals surface area contributed by atoms with E-state index in [2.05, 4.69) is 115 Å². The summed E-state index contributed by atoms with van der Waals surface area (Å²) < 4.78 is 19.1. The highest BCUT2D eigenvalue weighted by atomic mass is 16.5. The molecule has 6 heteroatoms. The van der Waals surface area contributed by atoms with Crippen LogP contribution >= 0.6 is 0 Å². The van der Waals surface area contributed by atoms with Crippen LogP contribution in [0, 0.1) is 0 Å². The Hall–Kier alpha value is -7.31. The molecule has 55 heavy (non-hydrogen) atoms. The van der Waals surface area contributed by atoms with Gasteiger partial charge in [-0.3, -0.25) is 0 Å². The Labute approximate surface area is 314 Å². The predicted molar refractivity (Wildman–Crippen MR) is 219 cm³/mol. The number of hydrogen-bond donors (Lipinski definition) is 0. The zero-order valence-electron chi connectivity index (χ0n) is 29.3. The molecule has 3 aromatic heterocycles. The molecule has 0 bridgehead atoms. The van der Waals surface area contributed by atoms with E-state index < -0.39 is 0 Å². The first kappa shape index (κ1) is 30.2. The average molecular weight is 708 g/mol. The van der Waals surface area contributed by atoms with Gasteiger partial charge in [0.05, 0.1) is 0 Å². The molecule has 2 aliphatic rings. The van der Waals surface area contributed by atoms with E-state index >= 15 is 0 Å². The van der Waals surface area contributed by atoms with Crippen LogP contribution in [-0.4, -0.2) is 21.1 Å². The minimum atomic E-state index is -0.118. The lowest BCUT2D eigenvalue weighted by atomic mass is 9.86. The maximum absolute atomic E-state index is 6.70. The molecule has 7 aromatic carbocycles. The first-order valence-corrected chi connectivity index (χ1v) is 18.5. The van der Waals surface area contributed by atoms with Gasteiger partial charge in [0.1, 0.15) is 34.2 Å². The molecule has 0 amide bonds. The van der Waals surface area contributed by atoms with Crippen molar-refractivity contribution in [2.75, 3.05) is 0 Å². The van der Waals surface area contributed by atoms with Crippen LogP contribution in [0.5, 0.6) is 5.75 Å². The Morgan fingerprint density at radius 2 is 1.00 bits per heavy atom. The number of nitrogens with zero attached hydrogens (tertiary/aromatic N) is 3. The van der Waals surface area contributed by atoms with Crippen molar-refractivity contribution < 1.29 is 13.6 Å². The summed E-state index contributed by atoms with van der Waals surface area (Å²) in [6, 6.07) is 47.9. The molecular weight excluding hydrogens is 679 g/mol. The van der Waals surface area contributed by atoms with Crippen LogP contribution in [0.3, 0.4) is 0 Å². The van der Waals surface area contributed by atoms with Gasteiger partial charge in [-0.25, -0.2) is 15.0 Å². The van der Waals surface area contributed by atoms with Gasteiger partial charge in [0, 0.05) is 49.7 Å². The largest absolute Gasteiger partial charge is 0.485 e. The van der Waals surface area contributed by atoms with Crippen LogP contribution in [0.15, 0.2) is 173 Å². The molecule has 1 aliphatic carbocycles. The van der Waals surface area contributed by atoms with Crippen molar-refractivity contribution >= 4 is 54.6 Å². The van der Waals surface area contributed by atoms with Crippen molar-refractivity contribution in [3.05, 3.63) is 169 Å². The summed E-state index contributed by atoms with van der Waals surface area (Å²) in [4.78, 5) is 15.8. The monoisotopic (exact) mass is 707 g/mol. The third-order valence-corrected chi connectivity index (χ3v) is 11.1. The number of benzene rings is 7. The maximum atomic E-state index is 6.70. The van der Waals surface area contributed by atoms with E-state index in [0.29, 0.717) is 17.5 Å². The zero-order valence-corrected chi connectivity index (χ0v) is 29.3. The molecule has 0 radical (unpaired) electrons. The van der Waals surface area contributed by atoms with Crippen molar-refractivity contribution in [2.24, 2.45) is 0 Å². The molecule has 6 nitrogen and oxygen atoms in total. The van der Waals surface area contributed by atoms with Crippen LogP contribution in [0.2, 0.25) is 0 Å². The van der Waals surface area contributed by atoms with Gasteiger partial charge in [0.15, 0.2) is 17.5 Å². The van der Waals surface area contributed by atoms with E-state index in [1.807, 2.05) is 48.5 Å². The van der Waals surface area contributed by atoms with Crippen LogP contribution in [0.1, 0.15) is 11.5 Å². The first-order chi connectivity index (χ1) is 27.2. The highest BCUT2D eigenvalue weighted by Gasteiger charge is 2.36. The van der Waals surface area contributed by atoms with E-state index in [1.165, 1.54) is 0 Å². The quantitative estimate of drug-likeness (QED) is 0.181. The van der Waals surface area contributed by atoms with E-state index in [9.17, 15) is 0 Å². The Morgan fingerprint density at radius 1 is 0.418 bits per heavy atom. The summed E-state index contributed by atoms with van der Waals surface area (Å²) in [5.41, 5.74) is 9.23. The normalized spacial score (nSPS) is 16.0. The second-order valence-electron chi connectivity index (χ2n) is 14.3. The Morgan fingerprint density at radius 3 is 1.76 bits per heavy atom. The Bertz CT molecular complexity index is 3280. The standard InChI is InChI=1S/C49H29N3O3/c1-2-10-29-23-31(18-17-28(29)9-1)47-50-48(32-20-22-44-38(25-32)35-12-4-7-15-41(35)54-44)52-49(51-47)39-26-33(27-45-46(39)36-13-5-8-16-42(36)55-45)30-19-21-43-37(24-30)34-11-3-6-14-40(34)53-43/h1-27,36,42H. The highest BCUT2D eigenvalue weighted by Crippen LogP contribution is 2.49. The second kappa shape index (κ2) is 11.6. The van der Waals surface area contributed by atoms with Crippen molar-refractivity contribution in [3.63, 3.8) is 0 Å². The fourth-order valence-corrected chi connectivity index (χ4v) is 8.38. The Kier molecular flexibility index (Phi) is 6.36. The summed E-state index contributed by atoms with van der Waals surface area (Å²) in [5, 5.41) is 6.50. The van der Waals surface area contributed by atoms with Crippen molar-refractivity contribution in [2.45, 2.75) is 12.0 Å². The van der Waals surface area contributed by atoms with Crippen LogP contribution in [0.4, 0.5) is 0 Å². The number of fused-ring (bicyclic) bond motifs is 10. The van der Waals surface area contributed by atoms with Gasteiger partial charge in [-0.2, -0.15) is 0 Å². The van der Waals surface area contributed by atoms with E-state index in [4.69, 9.17) is 28.5 Å². The summed E-state index contributed by atoms with van der Waals surface area (Å²) >= 11 is 0. The molecule has 4 heterocycles. The molecule has 12 rings (SSSR count). The molecule has 0 spiro atoms. The molecule has 0 saturated carbocycles. The maximum Gasteiger partial charge on any atom is 0.164 e. The molecule has 1 aliphatic heterocycles. The van der Waals surface area contributed by atoms with Crippen LogP contribution in [0.25, 0.3) is 99.9 Å². The lowest BCUT2D eigenvalue weighted by Crippen LogP contribution is -2.16. The molecule has 0 fully saturated rings. The number of para-hydroxylation sites is 2. The van der Waals surface area contributed by atoms with Crippen LogP contribution in [-0.2, 0) is 0 Å². The third-order valence-electron chi connectivity index (χ3n) is 11.1.